The Balaban J connectivity index is 1.68. The maximum atomic E-state index is 12.3. The molecule has 3 heterocycles. The normalized spacial score (nSPS) is 35.6. The maximum absolute atomic E-state index is 12.3. The van der Waals surface area contributed by atoms with Gasteiger partial charge in [0.2, 0.25) is 5.91 Å². The van der Waals surface area contributed by atoms with Gasteiger partial charge in [-0.15, -0.1) is 0 Å². The minimum Gasteiger partial charge on any atom is -0.462 e. The van der Waals surface area contributed by atoms with E-state index in [9.17, 15) is 19.5 Å². The molecule has 0 aromatic rings. The molecule has 8 nitrogen and oxygen atoms in total. The summed E-state index contributed by atoms with van der Waals surface area (Å²) in [5.74, 6) is -1.34. The Hall–Kier alpha value is -1.32. The lowest BCUT2D eigenvalue weighted by molar-refractivity contribution is -0.284. The van der Waals surface area contributed by atoms with Crippen LogP contribution in [0, 0.1) is 0 Å². The predicted molar refractivity (Wildman–Crippen MR) is 104 cm³/mol. The standard InChI is InChI=1S/C19H30N2O6S/c1-13(22)21-8-4-2-6-14-10-15(26-17(23)7-3-5-9-21)11-19(25,27-14)16-12-28-18(24)20-16/h14-16,25H,2-12H2,1H3,(H,20,24)/t14?,15-,16+,19-/m1/s1. The van der Waals surface area contributed by atoms with E-state index in [1.807, 2.05) is 4.90 Å². The average Bonchev–Trinajstić information content (AvgIpc) is 3.06. The summed E-state index contributed by atoms with van der Waals surface area (Å²) in [5, 5.41) is 13.7. The Bertz CT molecular complexity index is 603. The van der Waals surface area contributed by atoms with Crippen LogP contribution in [0.4, 0.5) is 4.79 Å². The SMILES string of the molecule is CC(=O)N1CCCCC(=O)O[C@@H]2CC(CCCC1)O[C@@](O)([C@@H]1CSC(=O)N1)C2. The lowest BCUT2D eigenvalue weighted by Gasteiger charge is -2.43. The van der Waals surface area contributed by atoms with Crippen molar-refractivity contribution in [3.05, 3.63) is 0 Å². The molecule has 0 radical (unpaired) electrons. The molecule has 1 unspecified atom stereocenters. The van der Waals surface area contributed by atoms with Gasteiger partial charge in [-0.1, -0.05) is 11.8 Å². The number of nitrogens with zero attached hydrogens (tertiary/aromatic N) is 1. The van der Waals surface area contributed by atoms with Crippen molar-refractivity contribution >= 4 is 28.9 Å². The van der Waals surface area contributed by atoms with E-state index < -0.39 is 17.9 Å². The van der Waals surface area contributed by atoms with E-state index >= 15 is 0 Å². The van der Waals surface area contributed by atoms with Crippen LogP contribution in [0.1, 0.15) is 58.3 Å². The molecule has 28 heavy (non-hydrogen) atoms. The third-order valence-corrected chi connectivity index (χ3v) is 6.52. The number of hydrogen-bond donors (Lipinski definition) is 2. The number of carbonyl (C=O) groups is 3. The van der Waals surface area contributed by atoms with Crippen molar-refractivity contribution in [2.45, 2.75) is 82.3 Å². The summed E-state index contributed by atoms with van der Waals surface area (Å²) in [7, 11) is 0. The molecule has 3 aliphatic rings. The number of ether oxygens (including phenoxy) is 2. The Kier molecular flexibility index (Phi) is 7.22. The monoisotopic (exact) mass is 414 g/mol. The van der Waals surface area contributed by atoms with Crippen molar-refractivity contribution in [3.63, 3.8) is 0 Å². The maximum Gasteiger partial charge on any atom is 0.306 e. The fourth-order valence-electron chi connectivity index (χ4n) is 4.12. The van der Waals surface area contributed by atoms with Gasteiger partial charge in [0.05, 0.1) is 12.1 Å². The van der Waals surface area contributed by atoms with Crippen molar-refractivity contribution in [3.8, 4) is 0 Å². The number of nitrogens with one attached hydrogen (secondary N) is 1. The second-order valence-corrected chi connectivity index (χ2v) is 8.88. The molecule has 4 atom stereocenters. The first-order valence-corrected chi connectivity index (χ1v) is 11.1. The highest BCUT2D eigenvalue weighted by molar-refractivity contribution is 8.14. The van der Waals surface area contributed by atoms with Gasteiger partial charge in [-0.2, -0.15) is 0 Å². The zero-order valence-electron chi connectivity index (χ0n) is 16.4. The van der Waals surface area contributed by atoms with Gasteiger partial charge in [0.15, 0.2) is 5.79 Å². The van der Waals surface area contributed by atoms with Gasteiger partial charge < -0.3 is 24.8 Å². The highest BCUT2D eigenvalue weighted by Crippen LogP contribution is 2.36. The lowest BCUT2D eigenvalue weighted by Crippen LogP contribution is -2.58. The fraction of sp³-hybridized carbons (Fsp3) is 0.842. The smallest absolute Gasteiger partial charge is 0.306 e. The highest BCUT2D eigenvalue weighted by Gasteiger charge is 2.49. The van der Waals surface area contributed by atoms with Gasteiger partial charge >= 0.3 is 5.97 Å². The molecule has 0 aromatic heterocycles. The van der Waals surface area contributed by atoms with Crippen molar-refractivity contribution < 1.29 is 29.0 Å². The van der Waals surface area contributed by atoms with Crippen LogP contribution in [-0.2, 0) is 19.1 Å². The summed E-state index contributed by atoms with van der Waals surface area (Å²) in [4.78, 5) is 37.4. The number of esters is 1. The Labute approximate surface area is 169 Å². The van der Waals surface area contributed by atoms with Crippen LogP contribution in [0.3, 0.4) is 0 Å². The Morgan fingerprint density at radius 1 is 1.21 bits per heavy atom. The van der Waals surface area contributed by atoms with Crippen LogP contribution in [0.5, 0.6) is 0 Å². The number of aliphatic hydroxyl groups is 1. The molecule has 0 spiro atoms. The largest absolute Gasteiger partial charge is 0.462 e. The molecule has 158 valence electrons. The van der Waals surface area contributed by atoms with Crippen LogP contribution in [0.15, 0.2) is 0 Å². The number of amides is 2. The summed E-state index contributed by atoms with van der Waals surface area (Å²) in [6.07, 6.45) is 4.16. The fourth-order valence-corrected chi connectivity index (χ4v) is 5.01. The molecule has 3 saturated heterocycles. The number of thioether (sulfide) groups is 1. The van der Waals surface area contributed by atoms with E-state index in [2.05, 4.69) is 5.32 Å². The molecule has 3 fully saturated rings. The number of fused-ring (bicyclic) bond motifs is 2. The van der Waals surface area contributed by atoms with Gasteiger partial charge in [-0.05, 0) is 32.1 Å². The molecular weight excluding hydrogens is 384 g/mol. The molecule has 2 N–H and O–H groups in total. The first kappa shape index (κ1) is 21.4. The summed E-state index contributed by atoms with van der Waals surface area (Å²) in [5.41, 5.74) is 0. The van der Waals surface area contributed by atoms with Crippen LogP contribution >= 0.6 is 11.8 Å². The summed E-state index contributed by atoms with van der Waals surface area (Å²) in [6, 6.07) is -0.513. The molecular formula is C19H30N2O6S. The number of carbonyl (C=O) groups excluding carboxylic acids is 3. The second kappa shape index (κ2) is 9.45. The van der Waals surface area contributed by atoms with Crippen LogP contribution in [0.2, 0.25) is 0 Å². The van der Waals surface area contributed by atoms with E-state index in [0.717, 1.165) is 31.0 Å². The lowest BCUT2D eigenvalue weighted by atomic mass is 9.91. The van der Waals surface area contributed by atoms with Crippen molar-refractivity contribution in [1.82, 2.24) is 10.2 Å². The third kappa shape index (κ3) is 5.61. The number of rotatable bonds is 1. The summed E-state index contributed by atoms with van der Waals surface area (Å²) in [6.45, 7) is 2.92. The first-order valence-electron chi connectivity index (χ1n) is 10.1. The van der Waals surface area contributed by atoms with E-state index in [-0.39, 0.29) is 29.6 Å². The van der Waals surface area contributed by atoms with E-state index in [1.165, 1.54) is 0 Å². The minimum absolute atomic E-state index is 0.0486. The minimum atomic E-state index is -1.53. The summed E-state index contributed by atoms with van der Waals surface area (Å²) >= 11 is 1.12. The molecule has 2 amide bonds. The number of hydrogen-bond acceptors (Lipinski definition) is 7. The zero-order valence-corrected chi connectivity index (χ0v) is 17.2. The van der Waals surface area contributed by atoms with Crippen LogP contribution < -0.4 is 5.32 Å². The molecule has 3 aliphatic heterocycles. The van der Waals surface area contributed by atoms with Crippen LogP contribution in [-0.4, -0.2) is 70.0 Å². The predicted octanol–water partition coefficient (Wildman–Crippen LogP) is 1.79. The second-order valence-electron chi connectivity index (χ2n) is 7.89. The van der Waals surface area contributed by atoms with E-state index in [4.69, 9.17) is 9.47 Å². The quantitative estimate of drug-likeness (QED) is 0.630. The molecule has 3 rings (SSSR count). The van der Waals surface area contributed by atoms with Crippen molar-refractivity contribution in [2.75, 3.05) is 18.8 Å². The Morgan fingerprint density at radius 2 is 1.96 bits per heavy atom. The average molecular weight is 415 g/mol. The molecule has 0 saturated carbocycles. The summed E-state index contributed by atoms with van der Waals surface area (Å²) < 4.78 is 11.6. The molecule has 9 heteroatoms. The van der Waals surface area contributed by atoms with Crippen LogP contribution in [0.25, 0.3) is 0 Å². The molecule has 0 aliphatic carbocycles. The van der Waals surface area contributed by atoms with Gasteiger partial charge in [0.1, 0.15) is 6.10 Å². The Morgan fingerprint density at radius 3 is 2.64 bits per heavy atom. The van der Waals surface area contributed by atoms with E-state index in [0.29, 0.717) is 44.5 Å². The van der Waals surface area contributed by atoms with Gasteiger partial charge in [-0.3, -0.25) is 14.4 Å². The van der Waals surface area contributed by atoms with E-state index in [1.54, 1.807) is 6.92 Å². The van der Waals surface area contributed by atoms with Gasteiger partial charge in [0.25, 0.3) is 5.24 Å². The van der Waals surface area contributed by atoms with Gasteiger partial charge in [0, 0.05) is 45.0 Å². The third-order valence-electron chi connectivity index (χ3n) is 5.64. The highest BCUT2D eigenvalue weighted by atomic mass is 32.2. The van der Waals surface area contributed by atoms with Crippen molar-refractivity contribution in [1.29, 1.82) is 0 Å². The topological polar surface area (TPSA) is 105 Å². The zero-order chi connectivity index (χ0) is 20.1. The first-order chi connectivity index (χ1) is 13.4. The van der Waals surface area contributed by atoms with Gasteiger partial charge in [-0.25, -0.2) is 0 Å². The molecule has 0 aromatic carbocycles. The van der Waals surface area contributed by atoms with Crippen molar-refractivity contribution in [2.24, 2.45) is 0 Å². The molecule has 2 bridgehead atoms.